The third-order valence-electron chi connectivity index (χ3n) is 6.72. The van der Waals surface area contributed by atoms with Gasteiger partial charge in [0.15, 0.2) is 6.10 Å². The largest absolute Gasteiger partial charge is 0.449 e. The quantitative estimate of drug-likeness (QED) is 0.562. The van der Waals surface area contributed by atoms with Crippen LogP contribution in [0, 0.1) is 5.92 Å². The van der Waals surface area contributed by atoms with Gasteiger partial charge in [-0.05, 0) is 74.8 Å². The van der Waals surface area contributed by atoms with E-state index in [2.05, 4.69) is 12.1 Å². The van der Waals surface area contributed by atoms with Crippen LogP contribution in [0.1, 0.15) is 48.5 Å². The smallest absolute Gasteiger partial charge is 0.338 e. The number of likely N-dealkylation sites (tertiary alicyclic amines) is 1. The normalized spacial score (nSPS) is 18.6. The van der Waals surface area contributed by atoms with Crippen molar-refractivity contribution >= 4 is 21.9 Å². The number of piperidine rings is 1. The van der Waals surface area contributed by atoms with Crippen molar-refractivity contribution in [1.29, 1.82) is 0 Å². The molecule has 34 heavy (non-hydrogen) atoms. The van der Waals surface area contributed by atoms with E-state index < -0.39 is 22.1 Å². The second-order valence-electron chi connectivity index (χ2n) is 9.14. The predicted octanol–water partition coefficient (Wildman–Crippen LogP) is 3.50. The molecule has 8 heteroatoms. The first kappa shape index (κ1) is 24.4. The summed E-state index contributed by atoms with van der Waals surface area (Å²) in [7, 11) is -3.54. The van der Waals surface area contributed by atoms with Crippen molar-refractivity contribution in [2.75, 3.05) is 26.2 Å². The number of hydrogen-bond acceptors (Lipinski definition) is 5. The zero-order valence-corrected chi connectivity index (χ0v) is 20.4. The molecule has 2 saturated heterocycles. The summed E-state index contributed by atoms with van der Waals surface area (Å²) in [5.41, 5.74) is 1.54. The summed E-state index contributed by atoms with van der Waals surface area (Å²) in [5.74, 6) is -0.288. The lowest BCUT2D eigenvalue weighted by molar-refractivity contribution is -0.141. The monoisotopic (exact) mass is 484 g/mol. The second-order valence-corrected chi connectivity index (χ2v) is 11.1. The van der Waals surface area contributed by atoms with Crippen LogP contribution in [-0.2, 0) is 26.0 Å². The van der Waals surface area contributed by atoms with E-state index >= 15 is 0 Å². The van der Waals surface area contributed by atoms with Crippen LogP contribution in [0.15, 0.2) is 59.5 Å². The van der Waals surface area contributed by atoms with Gasteiger partial charge in [-0.15, -0.1) is 0 Å². The lowest BCUT2D eigenvalue weighted by Crippen LogP contribution is -2.44. The topological polar surface area (TPSA) is 84.0 Å². The van der Waals surface area contributed by atoms with Crippen molar-refractivity contribution in [3.63, 3.8) is 0 Å². The Morgan fingerprint density at radius 3 is 2.18 bits per heavy atom. The third-order valence-corrected chi connectivity index (χ3v) is 8.63. The maximum absolute atomic E-state index is 12.8. The van der Waals surface area contributed by atoms with Crippen LogP contribution in [0.5, 0.6) is 0 Å². The Bertz CT molecular complexity index is 1090. The summed E-state index contributed by atoms with van der Waals surface area (Å²) in [5, 5.41) is 0. The number of rotatable bonds is 7. The average molecular weight is 485 g/mol. The molecule has 2 heterocycles. The maximum atomic E-state index is 12.8. The number of hydrogen-bond donors (Lipinski definition) is 0. The molecule has 4 rings (SSSR count). The van der Waals surface area contributed by atoms with Gasteiger partial charge >= 0.3 is 5.97 Å². The van der Waals surface area contributed by atoms with E-state index in [1.807, 2.05) is 18.2 Å². The molecular weight excluding hydrogens is 452 g/mol. The van der Waals surface area contributed by atoms with E-state index in [1.54, 1.807) is 11.8 Å². The molecule has 1 unspecified atom stereocenters. The molecule has 0 N–H and O–H groups in total. The molecule has 2 aromatic rings. The minimum Gasteiger partial charge on any atom is -0.449 e. The van der Waals surface area contributed by atoms with Crippen LogP contribution in [0.25, 0.3) is 0 Å². The van der Waals surface area contributed by atoms with E-state index in [0.29, 0.717) is 32.1 Å². The van der Waals surface area contributed by atoms with E-state index in [0.717, 1.165) is 32.1 Å². The van der Waals surface area contributed by atoms with Gasteiger partial charge in [0, 0.05) is 26.2 Å². The highest BCUT2D eigenvalue weighted by atomic mass is 32.2. The van der Waals surface area contributed by atoms with Crippen LogP contribution in [-0.4, -0.2) is 61.8 Å². The number of nitrogens with zero attached hydrogens (tertiary/aromatic N) is 2. The third kappa shape index (κ3) is 5.67. The Hall–Kier alpha value is -2.71. The summed E-state index contributed by atoms with van der Waals surface area (Å²) in [4.78, 5) is 27.3. The summed E-state index contributed by atoms with van der Waals surface area (Å²) < 4.78 is 32.2. The van der Waals surface area contributed by atoms with Crippen molar-refractivity contribution in [3.8, 4) is 0 Å². The zero-order chi connectivity index (χ0) is 24.1. The summed E-state index contributed by atoms with van der Waals surface area (Å²) in [6.07, 6.45) is 3.69. The highest BCUT2D eigenvalue weighted by Gasteiger charge is 2.29. The number of ether oxygens (including phenoxy) is 1. The summed E-state index contributed by atoms with van der Waals surface area (Å²) in [6, 6.07) is 16.1. The van der Waals surface area contributed by atoms with Crippen molar-refractivity contribution in [1.82, 2.24) is 9.21 Å². The van der Waals surface area contributed by atoms with Crippen molar-refractivity contribution in [3.05, 3.63) is 65.7 Å². The Morgan fingerprint density at radius 2 is 1.56 bits per heavy atom. The van der Waals surface area contributed by atoms with Gasteiger partial charge in [0.2, 0.25) is 10.0 Å². The van der Waals surface area contributed by atoms with Crippen LogP contribution < -0.4 is 0 Å². The SMILES string of the molecule is CC(OC(=O)c1ccc(S(=O)(=O)N2CCCC2)cc1)C(=O)N1CCC(Cc2ccccc2)CC1. The van der Waals surface area contributed by atoms with Gasteiger partial charge in [-0.25, -0.2) is 13.2 Å². The zero-order valence-electron chi connectivity index (χ0n) is 19.6. The van der Waals surface area contributed by atoms with E-state index in [4.69, 9.17) is 4.74 Å². The average Bonchev–Trinajstić information content (AvgIpc) is 3.41. The van der Waals surface area contributed by atoms with Gasteiger partial charge in [0.1, 0.15) is 0 Å². The molecule has 2 fully saturated rings. The number of esters is 1. The number of carbonyl (C=O) groups excluding carboxylic acids is 2. The Balaban J connectivity index is 1.28. The molecular formula is C26H32N2O5S. The molecule has 7 nitrogen and oxygen atoms in total. The Kier molecular flexibility index (Phi) is 7.68. The number of benzene rings is 2. The van der Waals surface area contributed by atoms with Crippen molar-refractivity contribution < 1.29 is 22.7 Å². The maximum Gasteiger partial charge on any atom is 0.338 e. The first-order valence-electron chi connectivity index (χ1n) is 12.0. The van der Waals surface area contributed by atoms with Gasteiger partial charge in [-0.2, -0.15) is 4.31 Å². The first-order valence-corrected chi connectivity index (χ1v) is 13.4. The van der Waals surface area contributed by atoms with Gasteiger partial charge < -0.3 is 9.64 Å². The van der Waals surface area contributed by atoms with Crippen LogP contribution in [0.2, 0.25) is 0 Å². The molecule has 2 aliphatic heterocycles. The highest BCUT2D eigenvalue weighted by Crippen LogP contribution is 2.23. The van der Waals surface area contributed by atoms with E-state index in [9.17, 15) is 18.0 Å². The van der Waals surface area contributed by atoms with Crippen molar-refractivity contribution in [2.24, 2.45) is 5.92 Å². The molecule has 0 spiro atoms. The first-order chi connectivity index (χ1) is 16.3. The number of carbonyl (C=O) groups is 2. The lowest BCUT2D eigenvalue weighted by Gasteiger charge is -2.33. The number of sulfonamides is 1. The fraction of sp³-hybridized carbons (Fsp3) is 0.462. The molecule has 0 bridgehead atoms. The van der Waals surface area contributed by atoms with Crippen LogP contribution >= 0.6 is 0 Å². The second kappa shape index (κ2) is 10.7. The molecule has 0 aromatic heterocycles. The minimum absolute atomic E-state index is 0.161. The van der Waals surface area contributed by atoms with Crippen LogP contribution in [0.4, 0.5) is 0 Å². The molecule has 1 amide bonds. The summed E-state index contributed by atoms with van der Waals surface area (Å²) >= 11 is 0. The molecule has 1 atom stereocenters. The van der Waals surface area contributed by atoms with Gasteiger partial charge in [0.05, 0.1) is 10.5 Å². The fourth-order valence-corrected chi connectivity index (χ4v) is 6.20. The van der Waals surface area contributed by atoms with Gasteiger partial charge in [0.25, 0.3) is 5.91 Å². The molecule has 0 radical (unpaired) electrons. The van der Waals surface area contributed by atoms with E-state index in [-0.39, 0.29) is 16.4 Å². The molecule has 0 aliphatic carbocycles. The number of amides is 1. The fourth-order valence-electron chi connectivity index (χ4n) is 4.68. The highest BCUT2D eigenvalue weighted by molar-refractivity contribution is 7.89. The molecule has 2 aromatic carbocycles. The minimum atomic E-state index is -3.54. The standard InChI is InChI=1S/C26H32N2O5S/c1-20(25(29)27-17-13-22(14-18-27)19-21-7-3-2-4-8-21)33-26(30)23-9-11-24(12-10-23)34(31,32)28-15-5-6-16-28/h2-4,7-12,20,22H,5-6,13-19H2,1H3. The molecule has 2 aliphatic rings. The van der Waals surface area contributed by atoms with Crippen molar-refractivity contribution in [2.45, 2.75) is 50.0 Å². The molecule has 0 saturated carbocycles. The summed E-state index contributed by atoms with van der Waals surface area (Å²) in [6.45, 7) is 3.94. The lowest BCUT2D eigenvalue weighted by atomic mass is 9.90. The predicted molar refractivity (Wildman–Crippen MR) is 129 cm³/mol. The Labute approximate surface area is 201 Å². The van der Waals surface area contributed by atoms with Gasteiger partial charge in [-0.3, -0.25) is 4.79 Å². The van der Waals surface area contributed by atoms with Crippen LogP contribution in [0.3, 0.4) is 0 Å². The van der Waals surface area contributed by atoms with Gasteiger partial charge in [-0.1, -0.05) is 30.3 Å². The molecule has 182 valence electrons. The van der Waals surface area contributed by atoms with E-state index in [1.165, 1.54) is 34.1 Å². The Morgan fingerprint density at radius 1 is 0.941 bits per heavy atom.